The Morgan fingerprint density at radius 2 is 2.05 bits per heavy atom. The maximum Gasteiger partial charge on any atom is 0.0737 e. The van der Waals surface area contributed by atoms with E-state index in [1.807, 2.05) is 31.3 Å². The van der Waals surface area contributed by atoms with Crippen molar-refractivity contribution in [1.29, 1.82) is 0 Å². The number of pyridine rings is 1. The molecule has 1 aromatic heterocycles. The van der Waals surface area contributed by atoms with E-state index in [2.05, 4.69) is 15.6 Å². The molecule has 0 bridgehead atoms. The Balaban J connectivity index is 0.00000200. The first-order valence-electron chi connectivity index (χ1n) is 6.32. The van der Waals surface area contributed by atoms with Crippen molar-refractivity contribution in [1.82, 2.24) is 10.3 Å². The van der Waals surface area contributed by atoms with Crippen LogP contribution in [0, 0.1) is 6.92 Å². The van der Waals surface area contributed by atoms with Gasteiger partial charge in [-0.25, -0.2) is 0 Å². The van der Waals surface area contributed by atoms with Crippen LogP contribution in [-0.4, -0.2) is 36.3 Å². The summed E-state index contributed by atoms with van der Waals surface area (Å²) < 4.78 is 0. The number of aliphatic hydroxyl groups is 1. The third kappa shape index (κ3) is 4.21. The van der Waals surface area contributed by atoms with Crippen molar-refractivity contribution >= 4 is 40.6 Å². The minimum absolute atomic E-state index is 0. The van der Waals surface area contributed by atoms with Crippen LogP contribution in [0.1, 0.15) is 5.56 Å². The van der Waals surface area contributed by atoms with Crippen LogP contribution in [0.3, 0.4) is 0 Å². The molecule has 0 saturated carbocycles. The molecule has 0 aliphatic carbocycles. The highest BCUT2D eigenvalue weighted by Gasteiger charge is 2.05. The molecule has 6 heteroatoms. The van der Waals surface area contributed by atoms with Crippen LogP contribution in [-0.2, 0) is 0 Å². The van der Waals surface area contributed by atoms with Crippen LogP contribution in [0.25, 0.3) is 10.9 Å². The lowest BCUT2D eigenvalue weighted by molar-refractivity contribution is 0.293. The van der Waals surface area contributed by atoms with Gasteiger partial charge in [-0.3, -0.25) is 4.98 Å². The second kappa shape index (κ2) is 8.27. The molecular formula is C14H19Cl2N3O. The van der Waals surface area contributed by atoms with E-state index in [1.165, 1.54) is 0 Å². The number of anilines is 1. The van der Waals surface area contributed by atoms with E-state index in [0.29, 0.717) is 11.6 Å². The van der Waals surface area contributed by atoms with Gasteiger partial charge >= 0.3 is 0 Å². The first-order chi connectivity index (χ1) is 9.22. The summed E-state index contributed by atoms with van der Waals surface area (Å²) in [6, 6.07) is 5.73. The minimum Gasteiger partial charge on any atom is -0.395 e. The number of hydrogen-bond donors (Lipinski definition) is 3. The molecule has 0 fully saturated rings. The summed E-state index contributed by atoms with van der Waals surface area (Å²) in [5.41, 5.74) is 3.09. The zero-order chi connectivity index (χ0) is 13.7. The molecule has 1 aromatic carbocycles. The molecule has 110 valence electrons. The Labute approximate surface area is 130 Å². The second-order valence-corrected chi connectivity index (χ2v) is 4.81. The molecule has 2 aromatic rings. The van der Waals surface area contributed by atoms with E-state index < -0.39 is 0 Å². The van der Waals surface area contributed by atoms with Crippen molar-refractivity contribution in [3.05, 3.63) is 35.0 Å². The molecule has 0 aliphatic rings. The Morgan fingerprint density at radius 3 is 2.80 bits per heavy atom. The Morgan fingerprint density at radius 1 is 1.25 bits per heavy atom. The maximum absolute atomic E-state index is 8.69. The van der Waals surface area contributed by atoms with Gasteiger partial charge in [0.15, 0.2) is 0 Å². The van der Waals surface area contributed by atoms with Crippen molar-refractivity contribution in [2.24, 2.45) is 0 Å². The summed E-state index contributed by atoms with van der Waals surface area (Å²) in [4.78, 5) is 4.39. The van der Waals surface area contributed by atoms with E-state index in [1.54, 1.807) is 0 Å². The highest BCUT2D eigenvalue weighted by atomic mass is 35.5. The Kier molecular flexibility index (Phi) is 7.02. The number of rotatable bonds is 6. The first kappa shape index (κ1) is 17.0. The van der Waals surface area contributed by atoms with E-state index in [9.17, 15) is 0 Å². The fraction of sp³-hybridized carbons (Fsp3) is 0.357. The molecule has 0 unspecified atom stereocenters. The molecule has 0 radical (unpaired) electrons. The molecule has 0 aliphatic heterocycles. The molecule has 20 heavy (non-hydrogen) atoms. The fourth-order valence-corrected chi connectivity index (χ4v) is 2.15. The summed E-state index contributed by atoms with van der Waals surface area (Å²) in [7, 11) is 0. The predicted octanol–water partition coefficient (Wildman–Crippen LogP) is 2.61. The molecule has 0 atom stereocenters. The first-order valence-corrected chi connectivity index (χ1v) is 6.70. The number of aliphatic hydroxyl groups excluding tert-OH is 1. The Hall–Kier alpha value is -1.07. The van der Waals surface area contributed by atoms with Crippen LogP contribution < -0.4 is 10.6 Å². The summed E-state index contributed by atoms with van der Waals surface area (Å²) in [5.74, 6) is 0. The van der Waals surface area contributed by atoms with Crippen molar-refractivity contribution in [2.75, 3.05) is 31.6 Å². The third-order valence-corrected chi connectivity index (χ3v) is 3.15. The highest BCUT2D eigenvalue weighted by molar-refractivity contribution is 6.31. The van der Waals surface area contributed by atoms with Crippen LogP contribution in [0.4, 0.5) is 5.69 Å². The summed E-state index contributed by atoms with van der Waals surface area (Å²) in [6.07, 6.45) is 1.85. The number of hydrogen-bond acceptors (Lipinski definition) is 4. The monoisotopic (exact) mass is 315 g/mol. The number of aryl methyl sites for hydroxylation is 1. The largest absolute Gasteiger partial charge is 0.395 e. The van der Waals surface area contributed by atoms with Crippen LogP contribution in [0.5, 0.6) is 0 Å². The van der Waals surface area contributed by atoms with Crippen molar-refractivity contribution < 1.29 is 5.11 Å². The summed E-state index contributed by atoms with van der Waals surface area (Å²) in [5, 5.41) is 17.0. The molecule has 0 spiro atoms. The average Bonchev–Trinajstić information content (AvgIpc) is 2.41. The molecular weight excluding hydrogens is 297 g/mol. The van der Waals surface area contributed by atoms with Gasteiger partial charge in [-0.2, -0.15) is 0 Å². The van der Waals surface area contributed by atoms with Gasteiger partial charge in [0.25, 0.3) is 0 Å². The quantitative estimate of drug-likeness (QED) is 0.717. The highest BCUT2D eigenvalue weighted by Crippen LogP contribution is 2.27. The number of nitrogens with one attached hydrogen (secondary N) is 2. The van der Waals surface area contributed by atoms with Gasteiger partial charge in [0.1, 0.15) is 0 Å². The smallest absolute Gasteiger partial charge is 0.0737 e. The normalized spacial score (nSPS) is 10.3. The summed E-state index contributed by atoms with van der Waals surface area (Å²) in [6.45, 7) is 4.41. The molecule has 1 heterocycles. The van der Waals surface area contributed by atoms with E-state index in [0.717, 1.165) is 35.2 Å². The zero-order valence-electron chi connectivity index (χ0n) is 11.3. The maximum atomic E-state index is 8.69. The molecule has 0 amide bonds. The number of benzene rings is 1. The topological polar surface area (TPSA) is 57.2 Å². The van der Waals surface area contributed by atoms with Crippen LogP contribution in [0.2, 0.25) is 5.02 Å². The lowest BCUT2D eigenvalue weighted by Crippen LogP contribution is -2.25. The van der Waals surface area contributed by atoms with Crippen molar-refractivity contribution in [3.63, 3.8) is 0 Å². The predicted molar refractivity (Wildman–Crippen MR) is 87.2 cm³/mol. The number of aromatic nitrogens is 1. The second-order valence-electron chi connectivity index (χ2n) is 4.38. The van der Waals surface area contributed by atoms with Gasteiger partial charge in [-0.1, -0.05) is 11.6 Å². The van der Waals surface area contributed by atoms with Crippen LogP contribution in [0.15, 0.2) is 24.4 Å². The number of nitrogens with zero attached hydrogens (tertiary/aromatic N) is 1. The molecule has 4 nitrogen and oxygen atoms in total. The lowest BCUT2D eigenvalue weighted by atomic mass is 10.1. The standard InChI is InChI=1S/C14H18ClN3O.ClH/c1-10-9-18-13-8-11(15)2-3-12(13)14(10)17-5-4-16-6-7-19;/h2-3,8-9,16,19H,4-7H2,1H3,(H,17,18);1H. The molecule has 3 N–H and O–H groups in total. The SMILES string of the molecule is Cc1cnc2cc(Cl)ccc2c1NCCNCCO.Cl. The average molecular weight is 316 g/mol. The fourth-order valence-electron chi connectivity index (χ4n) is 1.98. The van der Waals surface area contributed by atoms with Crippen molar-refractivity contribution in [3.8, 4) is 0 Å². The molecule has 2 rings (SSSR count). The number of fused-ring (bicyclic) bond motifs is 1. The van der Waals surface area contributed by atoms with Gasteiger partial charge in [0.05, 0.1) is 12.1 Å². The molecule has 0 saturated heterocycles. The van der Waals surface area contributed by atoms with E-state index >= 15 is 0 Å². The third-order valence-electron chi connectivity index (χ3n) is 2.91. The van der Waals surface area contributed by atoms with Gasteiger partial charge in [-0.15, -0.1) is 12.4 Å². The lowest BCUT2D eigenvalue weighted by Gasteiger charge is -2.13. The summed E-state index contributed by atoms with van der Waals surface area (Å²) >= 11 is 5.98. The number of halogens is 2. The van der Waals surface area contributed by atoms with Gasteiger partial charge in [-0.05, 0) is 30.7 Å². The van der Waals surface area contributed by atoms with Gasteiger partial charge in [0, 0.05) is 41.9 Å². The van der Waals surface area contributed by atoms with Crippen LogP contribution >= 0.6 is 24.0 Å². The van der Waals surface area contributed by atoms with E-state index in [4.69, 9.17) is 16.7 Å². The van der Waals surface area contributed by atoms with E-state index in [-0.39, 0.29) is 19.0 Å². The van der Waals surface area contributed by atoms with Crippen molar-refractivity contribution in [2.45, 2.75) is 6.92 Å². The van der Waals surface area contributed by atoms with Gasteiger partial charge < -0.3 is 15.7 Å². The van der Waals surface area contributed by atoms with Gasteiger partial charge in [0.2, 0.25) is 0 Å². The zero-order valence-corrected chi connectivity index (χ0v) is 12.9. The minimum atomic E-state index is 0. The Bertz CT molecular complexity index is 563.